The van der Waals surface area contributed by atoms with Gasteiger partial charge in [0.05, 0.1) is 16.3 Å². The number of amides is 1. The summed E-state index contributed by atoms with van der Waals surface area (Å²) in [6.45, 7) is 1.97. The van der Waals surface area contributed by atoms with Crippen LogP contribution in [-0.4, -0.2) is 16.7 Å². The van der Waals surface area contributed by atoms with Crippen molar-refractivity contribution in [3.05, 3.63) is 106 Å². The Kier molecular flexibility index (Phi) is 5.31. The molecule has 0 bridgehead atoms. The van der Waals surface area contributed by atoms with Crippen LogP contribution < -0.4 is 5.32 Å². The Labute approximate surface area is 172 Å². The maximum Gasteiger partial charge on any atom is 0.256 e. The molecule has 1 amide bonds. The normalized spacial score (nSPS) is 10.5. The van der Waals surface area contributed by atoms with Crippen LogP contribution >= 0.6 is 11.3 Å². The molecule has 1 heterocycles. The number of hydrogen-bond acceptors (Lipinski definition) is 4. The largest absolute Gasteiger partial charge is 0.322 e. The number of nitrogens with one attached hydrogen (secondary N) is 1. The molecule has 0 saturated heterocycles. The van der Waals surface area contributed by atoms with Gasteiger partial charge in [0.25, 0.3) is 5.91 Å². The molecule has 0 radical (unpaired) electrons. The van der Waals surface area contributed by atoms with Gasteiger partial charge in [-0.1, -0.05) is 60.7 Å². The van der Waals surface area contributed by atoms with Gasteiger partial charge >= 0.3 is 0 Å². The molecule has 5 heteroatoms. The van der Waals surface area contributed by atoms with Crippen molar-refractivity contribution >= 4 is 28.7 Å². The highest BCUT2D eigenvalue weighted by atomic mass is 32.1. The minimum atomic E-state index is -0.317. The van der Waals surface area contributed by atoms with E-state index in [0.717, 1.165) is 16.3 Å². The highest BCUT2D eigenvalue weighted by Gasteiger charge is 2.18. The standard InChI is InChI=1S/C24H18N2O2S/c1-16-25-22(15-29-16)17-11-13-19(14-12-17)26-24(28)21-10-6-5-9-20(21)23(27)18-7-3-2-4-8-18/h2-15H,1H3,(H,26,28). The highest BCUT2D eigenvalue weighted by molar-refractivity contribution is 7.09. The molecule has 0 aliphatic heterocycles. The number of aromatic nitrogens is 1. The van der Waals surface area contributed by atoms with Crippen molar-refractivity contribution in [3.63, 3.8) is 0 Å². The zero-order valence-corrected chi connectivity index (χ0v) is 16.6. The van der Waals surface area contributed by atoms with Crippen molar-refractivity contribution in [1.82, 2.24) is 4.98 Å². The predicted octanol–water partition coefficient (Wildman–Crippen LogP) is 5.60. The lowest BCUT2D eigenvalue weighted by molar-refractivity contribution is 0.0996. The van der Waals surface area contributed by atoms with Gasteiger partial charge in [0, 0.05) is 27.8 Å². The van der Waals surface area contributed by atoms with E-state index in [4.69, 9.17) is 0 Å². The van der Waals surface area contributed by atoms with Crippen molar-refractivity contribution < 1.29 is 9.59 Å². The van der Waals surface area contributed by atoms with Gasteiger partial charge in [-0.2, -0.15) is 0 Å². The number of carbonyl (C=O) groups is 2. The Balaban J connectivity index is 1.55. The number of aryl methyl sites for hydroxylation is 1. The average molecular weight is 398 g/mol. The fourth-order valence-electron chi connectivity index (χ4n) is 3.04. The zero-order chi connectivity index (χ0) is 20.2. The first-order chi connectivity index (χ1) is 14.1. The second-order valence-corrected chi connectivity index (χ2v) is 7.59. The summed E-state index contributed by atoms with van der Waals surface area (Å²) in [5.74, 6) is -0.493. The fourth-order valence-corrected chi connectivity index (χ4v) is 3.66. The van der Waals surface area contributed by atoms with Crippen molar-refractivity contribution in [3.8, 4) is 11.3 Å². The number of carbonyl (C=O) groups excluding carboxylic acids is 2. The Bertz CT molecular complexity index is 1160. The maximum atomic E-state index is 12.9. The molecule has 0 atom stereocenters. The van der Waals surface area contributed by atoms with Crippen molar-refractivity contribution in [1.29, 1.82) is 0 Å². The summed E-state index contributed by atoms with van der Waals surface area (Å²) in [5.41, 5.74) is 3.85. The van der Waals surface area contributed by atoms with E-state index in [1.807, 2.05) is 42.6 Å². The molecule has 4 rings (SSSR count). The molecule has 0 unspecified atom stereocenters. The molecule has 1 aromatic heterocycles. The molecule has 142 valence electrons. The van der Waals surface area contributed by atoms with Gasteiger partial charge in [-0.05, 0) is 25.1 Å². The minimum absolute atomic E-state index is 0.175. The molecule has 29 heavy (non-hydrogen) atoms. The number of rotatable bonds is 5. The average Bonchev–Trinajstić information content (AvgIpc) is 3.20. The molecule has 0 spiro atoms. The van der Waals surface area contributed by atoms with Crippen LogP contribution in [0.1, 0.15) is 31.3 Å². The van der Waals surface area contributed by atoms with Crippen LogP contribution in [0.4, 0.5) is 5.69 Å². The number of ketones is 1. The lowest BCUT2D eigenvalue weighted by Gasteiger charge is -2.10. The van der Waals surface area contributed by atoms with E-state index in [1.54, 1.807) is 59.9 Å². The molecule has 4 nitrogen and oxygen atoms in total. The van der Waals surface area contributed by atoms with E-state index in [2.05, 4.69) is 10.3 Å². The van der Waals surface area contributed by atoms with E-state index in [-0.39, 0.29) is 11.7 Å². The topological polar surface area (TPSA) is 59.1 Å². The quantitative estimate of drug-likeness (QED) is 0.445. The summed E-state index contributed by atoms with van der Waals surface area (Å²) >= 11 is 1.60. The summed E-state index contributed by atoms with van der Waals surface area (Å²) < 4.78 is 0. The number of anilines is 1. The summed E-state index contributed by atoms with van der Waals surface area (Å²) in [6.07, 6.45) is 0. The van der Waals surface area contributed by atoms with E-state index < -0.39 is 0 Å². The molecule has 3 aromatic carbocycles. The van der Waals surface area contributed by atoms with Gasteiger partial charge in [0.15, 0.2) is 5.78 Å². The smallest absolute Gasteiger partial charge is 0.256 e. The monoisotopic (exact) mass is 398 g/mol. The Morgan fingerprint density at radius 2 is 1.48 bits per heavy atom. The molecular formula is C24H18N2O2S. The van der Waals surface area contributed by atoms with Crippen molar-refractivity contribution in [2.24, 2.45) is 0 Å². The molecule has 0 aliphatic carbocycles. The first kappa shape index (κ1) is 18.8. The first-order valence-corrected chi connectivity index (χ1v) is 10.0. The molecule has 0 saturated carbocycles. The van der Waals surface area contributed by atoms with Gasteiger partial charge in [0.2, 0.25) is 0 Å². The number of hydrogen-bond donors (Lipinski definition) is 1. The lowest BCUT2D eigenvalue weighted by atomic mass is 9.98. The second-order valence-electron chi connectivity index (χ2n) is 6.52. The van der Waals surface area contributed by atoms with E-state index in [1.165, 1.54) is 0 Å². The van der Waals surface area contributed by atoms with Gasteiger partial charge in [-0.15, -0.1) is 11.3 Å². The molecular weight excluding hydrogens is 380 g/mol. The van der Waals surface area contributed by atoms with Crippen LogP contribution in [0.2, 0.25) is 0 Å². The molecule has 4 aromatic rings. The SMILES string of the molecule is Cc1nc(-c2ccc(NC(=O)c3ccccc3C(=O)c3ccccc3)cc2)cs1. The predicted molar refractivity (Wildman–Crippen MR) is 117 cm³/mol. The molecule has 0 aliphatic rings. The summed E-state index contributed by atoms with van der Waals surface area (Å²) in [6, 6.07) is 23.3. The minimum Gasteiger partial charge on any atom is -0.322 e. The third kappa shape index (κ3) is 4.15. The van der Waals surface area contributed by atoms with Gasteiger partial charge in [0.1, 0.15) is 0 Å². The van der Waals surface area contributed by atoms with Crippen molar-refractivity contribution in [2.75, 3.05) is 5.32 Å². The third-order valence-corrected chi connectivity index (χ3v) is 5.28. The van der Waals surface area contributed by atoms with Crippen LogP contribution in [0, 0.1) is 6.92 Å². The van der Waals surface area contributed by atoms with Crippen LogP contribution in [-0.2, 0) is 0 Å². The zero-order valence-electron chi connectivity index (χ0n) is 15.8. The maximum absolute atomic E-state index is 12.9. The van der Waals surface area contributed by atoms with E-state index in [9.17, 15) is 9.59 Å². The lowest BCUT2D eigenvalue weighted by Crippen LogP contribution is -2.16. The number of nitrogens with zero attached hydrogens (tertiary/aromatic N) is 1. The summed E-state index contributed by atoms with van der Waals surface area (Å²) in [7, 11) is 0. The van der Waals surface area contributed by atoms with Crippen molar-refractivity contribution in [2.45, 2.75) is 6.92 Å². The summed E-state index contributed by atoms with van der Waals surface area (Å²) in [4.78, 5) is 30.2. The van der Waals surface area contributed by atoms with Gasteiger partial charge < -0.3 is 5.32 Å². The fraction of sp³-hybridized carbons (Fsp3) is 0.0417. The third-order valence-electron chi connectivity index (χ3n) is 4.51. The summed E-state index contributed by atoms with van der Waals surface area (Å²) in [5, 5.41) is 5.90. The second kappa shape index (κ2) is 8.20. The molecule has 0 fully saturated rings. The molecule has 1 N–H and O–H groups in total. The highest BCUT2D eigenvalue weighted by Crippen LogP contribution is 2.24. The number of benzene rings is 3. The van der Waals surface area contributed by atoms with E-state index >= 15 is 0 Å². The Morgan fingerprint density at radius 1 is 0.828 bits per heavy atom. The van der Waals surface area contributed by atoms with Crippen LogP contribution in [0.25, 0.3) is 11.3 Å². The Hall–Kier alpha value is -3.57. The van der Waals surface area contributed by atoms with Gasteiger partial charge in [-0.3, -0.25) is 9.59 Å². The van der Waals surface area contributed by atoms with Crippen LogP contribution in [0.3, 0.4) is 0 Å². The first-order valence-electron chi connectivity index (χ1n) is 9.14. The number of thiazole rings is 1. The van der Waals surface area contributed by atoms with E-state index in [0.29, 0.717) is 22.4 Å². The van der Waals surface area contributed by atoms with Gasteiger partial charge in [-0.25, -0.2) is 4.98 Å². The van der Waals surface area contributed by atoms with Crippen LogP contribution in [0.5, 0.6) is 0 Å². The Morgan fingerprint density at radius 3 is 2.14 bits per heavy atom. The van der Waals surface area contributed by atoms with Crippen LogP contribution in [0.15, 0.2) is 84.2 Å².